The molecule has 4 nitrogen and oxygen atoms in total. The third kappa shape index (κ3) is 1.67. The Kier molecular flexibility index (Phi) is 2.22. The van der Waals surface area contributed by atoms with E-state index >= 15 is 0 Å². The summed E-state index contributed by atoms with van der Waals surface area (Å²) in [5, 5.41) is 0. The summed E-state index contributed by atoms with van der Waals surface area (Å²) in [7, 11) is 0. The van der Waals surface area contributed by atoms with Gasteiger partial charge in [-0.15, -0.1) is 0 Å². The van der Waals surface area contributed by atoms with Crippen LogP contribution in [-0.2, 0) is 4.74 Å². The highest BCUT2D eigenvalue weighted by Crippen LogP contribution is 2.18. The minimum absolute atomic E-state index is 0.735. The van der Waals surface area contributed by atoms with E-state index in [1.54, 1.807) is 0 Å². The van der Waals surface area contributed by atoms with Gasteiger partial charge in [0.25, 0.3) is 6.01 Å². The number of oxazole rings is 1. The molecule has 0 aromatic carbocycles. The van der Waals surface area contributed by atoms with E-state index in [4.69, 9.17) is 9.15 Å². The predicted octanol–water partition coefficient (Wildman–Crippen LogP) is 1.13. The fourth-order valence-electron chi connectivity index (χ4n) is 1.35. The number of morpholine rings is 1. The number of hydrogen-bond donors (Lipinski definition) is 0. The number of nitrogens with zero attached hydrogens (tertiary/aromatic N) is 2. The van der Waals surface area contributed by atoms with Gasteiger partial charge in [0.2, 0.25) is 0 Å². The molecule has 0 N–H and O–H groups in total. The first-order valence-corrected chi connectivity index (χ1v) is 4.54. The number of aromatic nitrogens is 1. The normalized spacial score (nSPS) is 17.8. The van der Waals surface area contributed by atoms with Crippen LogP contribution in [0.25, 0.3) is 0 Å². The van der Waals surface area contributed by atoms with Gasteiger partial charge in [-0.25, -0.2) is 0 Å². The SMILES string of the molecule is Cc1nc(N2CCOCC2)oc1C. The van der Waals surface area contributed by atoms with Crippen molar-refractivity contribution in [2.24, 2.45) is 0 Å². The lowest BCUT2D eigenvalue weighted by molar-refractivity contribution is 0.120. The minimum atomic E-state index is 0.735. The Bertz CT molecular complexity index is 270. The van der Waals surface area contributed by atoms with Gasteiger partial charge >= 0.3 is 0 Å². The van der Waals surface area contributed by atoms with E-state index in [2.05, 4.69) is 9.88 Å². The van der Waals surface area contributed by atoms with Crippen LogP contribution in [0.15, 0.2) is 4.42 Å². The zero-order chi connectivity index (χ0) is 9.26. The van der Waals surface area contributed by atoms with Crippen LogP contribution in [0, 0.1) is 13.8 Å². The van der Waals surface area contributed by atoms with Crippen molar-refractivity contribution in [3.05, 3.63) is 11.5 Å². The van der Waals surface area contributed by atoms with Crippen molar-refractivity contribution in [2.45, 2.75) is 13.8 Å². The van der Waals surface area contributed by atoms with Crippen LogP contribution >= 0.6 is 0 Å². The summed E-state index contributed by atoms with van der Waals surface area (Å²) in [6, 6.07) is 0.735. The Morgan fingerprint density at radius 3 is 2.46 bits per heavy atom. The van der Waals surface area contributed by atoms with Crippen molar-refractivity contribution in [2.75, 3.05) is 31.2 Å². The molecule has 0 saturated carbocycles. The molecule has 1 aromatic heterocycles. The van der Waals surface area contributed by atoms with E-state index in [0.717, 1.165) is 43.8 Å². The summed E-state index contributed by atoms with van der Waals surface area (Å²) in [5.74, 6) is 0.904. The van der Waals surface area contributed by atoms with Crippen LogP contribution in [0.3, 0.4) is 0 Å². The second-order valence-electron chi connectivity index (χ2n) is 3.24. The number of anilines is 1. The molecule has 0 aliphatic carbocycles. The maximum Gasteiger partial charge on any atom is 0.297 e. The largest absolute Gasteiger partial charge is 0.429 e. The van der Waals surface area contributed by atoms with Crippen LogP contribution in [0.2, 0.25) is 0 Å². The maximum atomic E-state index is 5.51. The first-order chi connectivity index (χ1) is 6.27. The molecule has 0 spiro atoms. The highest BCUT2D eigenvalue weighted by molar-refractivity contribution is 5.29. The number of aryl methyl sites for hydroxylation is 2. The van der Waals surface area contributed by atoms with Crippen molar-refractivity contribution in [3.8, 4) is 0 Å². The Morgan fingerprint density at radius 1 is 1.23 bits per heavy atom. The van der Waals surface area contributed by atoms with E-state index in [1.807, 2.05) is 13.8 Å². The van der Waals surface area contributed by atoms with E-state index in [-0.39, 0.29) is 0 Å². The van der Waals surface area contributed by atoms with Gasteiger partial charge in [0.1, 0.15) is 5.76 Å². The van der Waals surface area contributed by atoms with Gasteiger partial charge < -0.3 is 14.1 Å². The van der Waals surface area contributed by atoms with Gasteiger partial charge in [0, 0.05) is 13.1 Å². The van der Waals surface area contributed by atoms with Crippen molar-refractivity contribution in [1.82, 2.24) is 4.98 Å². The molecule has 72 valence electrons. The molecular formula is C9H14N2O2. The Balaban J connectivity index is 2.14. The topological polar surface area (TPSA) is 38.5 Å². The van der Waals surface area contributed by atoms with Gasteiger partial charge in [-0.1, -0.05) is 0 Å². The fraction of sp³-hybridized carbons (Fsp3) is 0.667. The lowest BCUT2D eigenvalue weighted by atomic mass is 10.4. The maximum absolute atomic E-state index is 5.51. The van der Waals surface area contributed by atoms with Crippen LogP contribution in [0.5, 0.6) is 0 Å². The highest BCUT2D eigenvalue weighted by atomic mass is 16.5. The van der Waals surface area contributed by atoms with Gasteiger partial charge in [-0.3, -0.25) is 0 Å². The highest BCUT2D eigenvalue weighted by Gasteiger charge is 2.16. The van der Waals surface area contributed by atoms with Crippen molar-refractivity contribution < 1.29 is 9.15 Å². The van der Waals surface area contributed by atoms with Crippen LogP contribution in [0.4, 0.5) is 6.01 Å². The average Bonchev–Trinajstić information content (AvgIpc) is 2.49. The summed E-state index contributed by atoms with van der Waals surface area (Å²) in [4.78, 5) is 6.45. The molecule has 1 aromatic rings. The van der Waals surface area contributed by atoms with Crippen LogP contribution in [-0.4, -0.2) is 31.3 Å². The second-order valence-corrected chi connectivity index (χ2v) is 3.24. The van der Waals surface area contributed by atoms with Crippen molar-refractivity contribution in [3.63, 3.8) is 0 Å². The van der Waals surface area contributed by atoms with Crippen LogP contribution < -0.4 is 4.90 Å². The molecule has 4 heteroatoms. The smallest absolute Gasteiger partial charge is 0.297 e. The molecule has 0 amide bonds. The average molecular weight is 182 g/mol. The molecular weight excluding hydrogens is 168 g/mol. The Morgan fingerprint density at radius 2 is 1.92 bits per heavy atom. The zero-order valence-electron chi connectivity index (χ0n) is 8.04. The monoisotopic (exact) mass is 182 g/mol. The summed E-state index contributed by atoms with van der Waals surface area (Å²) in [6.45, 7) is 7.18. The third-order valence-electron chi connectivity index (χ3n) is 2.30. The van der Waals surface area contributed by atoms with Crippen molar-refractivity contribution in [1.29, 1.82) is 0 Å². The molecule has 0 atom stereocenters. The summed E-state index contributed by atoms with van der Waals surface area (Å²) in [6.07, 6.45) is 0. The number of ether oxygens (including phenoxy) is 1. The zero-order valence-corrected chi connectivity index (χ0v) is 8.04. The summed E-state index contributed by atoms with van der Waals surface area (Å²) >= 11 is 0. The number of hydrogen-bond acceptors (Lipinski definition) is 4. The van der Waals surface area contributed by atoms with Crippen molar-refractivity contribution >= 4 is 6.01 Å². The lowest BCUT2D eigenvalue weighted by Crippen LogP contribution is -2.36. The van der Waals surface area contributed by atoms with E-state index in [1.165, 1.54) is 0 Å². The fourth-order valence-corrected chi connectivity index (χ4v) is 1.35. The lowest BCUT2D eigenvalue weighted by Gasteiger charge is -2.24. The van der Waals surface area contributed by atoms with E-state index in [0.29, 0.717) is 0 Å². The molecule has 1 saturated heterocycles. The van der Waals surface area contributed by atoms with Gasteiger partial charge in [-0.05, 0) is 13.8 Å². The first-order valence-electron chi connectivity index (χ1n) is 4.54. The molecule has 1 aliphatic rings. The van der Waals surface area contributed by atoms with Gasteiger partial charge in [0.15, 0.2) is 0 Å². The molecule has 1 aliphatic heterocycles. The Hall–Kier alpha value is -1.03. The molecule has 0 bridgehead atoms. The first kappa shape index (κ1) is 8.56. The Labute approximate surface area is 77.5 Å². The minimum Gasteiger partial charge on any atom is -0.429 e. The standard InChI is InChI=1S/C9H14N2O2/c1-7-8(2)13-9(10-7)11-3-5-12-6-4-11/h3-6H2,1-2H3. The molecule has 13 heavy (non-hydrogen) atoms. The predicted molar refractivity (Wildman–Crippen MR) is 49.0 cm³/mol. The molecule has 2 rings (SSSR count). The number of rotatable bonds is 1. The molecule has 0 unspecified atom stereocenters. The van der Waals surface area contributed by atoms with E-state index in [9.17, 15) is 0 Å². The molecule has 2 heterocycles. The second kappa shape index (κ2) is 3.38. The third-order valence-corrected chi connectivity index (χ3v) is 2.30. The van der Waals surface area contributed by atoms with Gasteiger partial charge in [0.05, 0.1) is 18.9 Å². The summed E-state index contributed by atoms with van der Waals surface area (Å²) in [5.41, 5.74) is 0.974. The quantitative estimate of drug-likeness (QED) is 0.652. The molecule has 1 fully saturated rings. The van der Waals surface area contributed by atoms with Crippen LogP contribution in [0.1, 0.15) is 11.5 Å². The van der Waals surface area contributed by atoms with Gasteiger partial charge in [-0.2, -0.15) is 4.98 Å². The molecule has 0 radical (unpaired) electrons. The summed E-state index contributed by atoms with van der Waals surface area (Å²) < 4.78 is 10.8. The van der Waals surface area contributed by atoms with E-state index < -0.39 is 0 Å².